The Morgan fingerprint density at radius 1 is 0.490 bits per heavy atom. The second-order valence-electron chi connectivity index (χ2n) is 13.2. The zero-order chi connectivity index (χ0) is 36.5. The van der Waals surface area contributed by atoms with Crippen LogP contribution in [-0.4, -0.2) is 39.2 Å². The zero-order valence-corrected chi connectivity index (χ0v) is 31.9. The highest BCUT2D eigenvalue weighted by atomic mass is 32.3. The maximum Gasteiger partial charge on any atom is 0.504 e. The van der Waals surface area contributed by atoms with Gasteiger partial charge in [0, 0.05) is 21.5 Å². The molecule has 0 heterocycles. The molecule has 4 aromatic rings. The van der Waals surface area contributed by atoms with Crippen molar-refractivity contribution in [1.29, 1.82) is 0 Å². The first-order valence-electron chi connectivity index (χ1n) is 18.8. The van der Waals surface area contributed by atoms with Gasteiger partial charge in [-0.3, -0.25) is 0 Å². The summed E-state index contributed by atoms with van der Waals surface area (Å²) in [4.78, 5) is 2.35. The lowest BCUT2D eigenvalue weighted by Gasteiger charge is -2.13. The predicted octanol–water partition coefficient (Wildman–Crippen LogP) is 10.9. The summed E-state index contributed by atoms with van der Waals surface area (Å²) in [5.41, 5.74) is 10.0. The summed E-state index contributed by atoms with van der Waals surface area (Å²) in [6.45, 7) is 5.38. The minimum absolute atomic E-state index is 0.275. The summed E-state index contributed by atoms with van der Waals surface area (Å²) >= 11 is 0. The molecule has 0 unspecified atom stereocenters. The Kier molecular flexibility index (Phi) is 16.0. The smallest absolute Gasteiger partial charge is 0.493 e. The van der Waals surface area contributed by atoms with Crippen LogP contribution in [0.1, 0.15) is 117 Å². The van der Waals surface area contributed by atoms with E-state index in [-0.39, 0.29) is 20.6 Å². The number of fused-ring (bicyclic) bond motifs is 2. The molecule has 0 radical (unpaired) electrons. The second-order valence-corrected chi connectivity index (χ2v) is 17.2. The topological polar surface area (TPSA) is 123 Å². The molecule has 4 rings (SSSR count). The van der Waals surface area contributed by atoms with Crippen molar-refractivity contribution in [3.8, 4) is 11.5 Å². The Morgan fingerprint density at radius 2 is 0.824 bits per heavy atom. The van der Waals surface area contributed by atoms with Crippen LogP contribution in [0.2, 0.25) is 0 Å². The summed E-state index contributed by atoms with van der Waals surface area (Å²) in [5.74, 6) is 1.01. The molecular weight excluding hydrogens is 681 g/mol. The van der Waals surface area contributed by atoms with Crippen LogP contribution in [0.4, 0.5) is 0 Å². The molecule has 0 aromatic heterocycles. The second kappa shape index (κ2) is 20.4. The molecule has 0 fully saturated rings. The van der Waals surface area contributed by atoms with Gasteiger partial charge in [0.05, 0.1) is 23.0 Å². The molecule has 10 heteroatoms. The Bertz CT molecular complexity index is 1850. The fraction of sp³-hybridized carbons (Fsp3) is 0.488. The molecule has 0 saturated carbocycles. The number of hydrogen-bond donors (Lipinski definition) is 0. The maximum atomic E-state index is 14.1. The van der Waals surface area contributed by atoms with Crippen LogP contribution in [0.3, 0.4) is 0 Å². The van der Waals surface area contributed by atoms with Gasteiger partial charge in [0.2, 0.25) is 0 Å². The van der Waals surface area contributed by atoms with E-state index < -0.39 is 24.1 Å². The summed E-state index contributed by atoms with van der Waals surface area (Å²) in [6, 6.07) is 19.3. The van der Waals surface area contributed by atoms with E-state index in [9.17, 15) is 22.4 Å². The van der Waals surface area contributed by atoms with E-state index in [0.29, 0.717) is 35.5 Å². The summed E-state index contributed by atoms with van der Waals surface area (Å²) in [7, 11) is -9.65. The van der Waals surface area contributed by atoms with E-state index in [0.717, 1.165) is 38.5 Å². The fourth-order valence-corrected chi connectivity index (χ4v) is 10.2. The fourth-order valence-electron chi connectivity index (χ4n) is 6.48. The van der Waals surface area contributed by atoms with Gasteiger partial charge >= 0.3 is 4.38 Å². The lowest BCUT2D eigenvalue weighted by Crippen LogP contribution is -2.26. The highest BCUT2D eigenvalue weighted by Crippen LogP contribution is 2.36. The number of rotatable bonds is 22. The highest BCUT2D eigenvalue weighted by Gasteiger charge is 2.45. The standard InChI is InChI=1S/C41H54N2O6S2/c1-3-5-7-9-11-13-15-21-31-48-37-27-29-39(35-25-19-17-23-33(35)37)50(44,45)41(43-42)51(46,47)40-30-28-38(34-24-18-20-26-36(34)40)49-32-22-16-14-12-10-8-6-4-2/h17-20,23-30H,3-16,21-22,31-32H2,1-2H3. The van der Waals surface area contributed by atoms with Gasteiger partial charge in [0.1, 0.15) is 11.5 Å². The molecular formula is C41H54N2O6S2. The van der Waals surface area contributed by atoms with Gasteiger partial charge in [-0.25, -0.2) is 16.8 Å². The third-order valence-electron chi connectivity index (χ3n) is 9.32. The van der Waals surface area contributed by atoms with Gasteiger partial charge in [-0.1, -0.05) is 152 Å². The molecule has 0 aliphatic heterocycles. The average Bonchev–Trinajstić information content (AvgIpc) is 3.13. The van der Waals surface area contributed by atoms with Crippen LogP contribution in [0.15, 0.2) is 82.6 Å². The number of ether oxygens (including phenoxy) is 2. The van der Waals surface area contributed by atoms with Crippen molar-refractivity contribution < 1.29 is 31.1 Å². The van der Waals surface area contributed by atoms with Crippen molar-refractivity contribution in [2.75, 3.05) is 13.2 Å². The minimum Gasteiger partial charge on any atom is -0.493 e. The van der Waals surface area contributed by atoms with E-state index in [1.165, 1.54) is 88.5 Å². The van der Waals surface area contributed by atoms with Gasteiger partial charge in [0.25, 0.3) is 19.7 Å². The summed E-state index contributed by atoms with van der Waals surface area (Å²) in [6.07, 6.45) is 18.6. The van der Waals surface area contributed by atoms with Gasteiger partial charge in [-0.2, -0.15) is 0 Å². The molecule has 0 aliphatic carbocycles. The minimum atomic E-state index is -4.83. The third-order valence-corrected chi connectivity index (χ3v) is 13.6. The van der Waals surface area contributed by atoms with Crippen LogP contribution >= 0.6 is 0 Å². The third kappa shape index (κ3) is 10.7. The van der Waals surface area contributed by atoms with Gasteiger partial charge in [-0.15, -0.1) is 4.79 Å². The first-order chi connectivity index (χ1) is 24.8. The molecule has 0 spiro atoms. The molecule has 276 valence electrons. The highest BCUT2D eigenvalue weighted by molar-refractivity contribution is 8.31. The predicted molar refractivity (Wildman–Crippen MR) is 207 cm³/mol. The van der Waals surface area contributed by atoms with Crippen molar-refractivity contribution in [3.05, 3.63) is 78.3 Å². The summed E-state index contributed by atoms with van der Waals surface area (Å²) < 4.78 is 67.2. The van der Waals surface area contributed by atoms with Crippen molar-refractivity contribution in [2.24, 2.45) is 0 Å². The SMILES string of the molecule is CCCCCCCCCCOc1ccc(S(=O)(=O)C(=[N+]=[N-])S(=O)(=O)c2ccc(OCCCCCCCCCC)c3ccccc23)c2ccccc12. The number of hydrogen-bond acceptors (Lipinski definition) is 6. The molecule has 8 nitrogen and oxygen atoms in total. The molecule has 0 bridgehead atoms. The first-order valence-corrected chi connectivity index (χ1v) is 21.7. The van der Waals surface area contributed by atoms with Gasteiger partial charge in [0.15, 0.2) is 0 Å². The molecule has 0 N–H and O–H groups in total. The van der Waals surface area contributed by atoms with Crippen LogP contribution in [-0.2, 0) is 19.7 Å². The Morgan fingerprint density at radius 3 is 1.18 bits per heavy atom. The van der Waals surface area contributed by atoms with Crippen molar-refractivity contribution in [1.82, 2.24) is 0 Å². The molecule has 0 amide bonds. The number of benzene rings is 4. The van der Waals surface area contributed by atoms with Crippen LogP contribution in [0.5, 0.6) is 11.5 Å². The lowest BCUT2D eigenvalue weighted by atomic mass is 10.1. The van der Waals surface area contributed by atoms with Gasteiger partial charge in [-0.05, 0) is 37.1 Å². The Balaban J connectivity index is 1.51. The molecule has 0 saturated heterocycles. The monoisotopic (exact) mass is 734 g/mol. The van der Waals surface area contributed by atoms with Crippen LogP contribution < -0.4 is 9.47 Å². The first kappa shape index (κ1) is 40.1. The van der Waals surface area contributed by atoms with E-state index in [4.69, 9.17) is 9.47 Å². The average molecular weight is 735 g/mol. The van der Waals surface area contributed by atoms with Crippen molar-refractivity contribution in [2.45, 2.75) is 126 Å². The zero-order valence-electron chi connectivity index (χ0n) is 30.3. The van der Waals surface area contributed by atoms with Crippen LogP contribution in [0, 0.1) is 0 Å². The van der Waals surface area contributed by atoms with Crippen molar-refractivity contribution >= 4 is 45.6 Å². The number of unbranched alkanes of at least 4 members (excludes halogenated alkanes) is 14. The number of sulfone groups is 2. The normalized spacial score (nSPS) is 11.9. The largest absolute Gasteiger partial charge is 0.504 e. The lowest BCUT2D eigenvalue weighted by molar-refractivity contribution is 0.00381. The summed E-state index contributed by atoms with van der Waals surface area (Å²) in [5, 5.41) is 1.60. The Hall–Kier alpha value is -3.72. The Labute approximate surface area is 305 Å². The van der Waals surface area contributed by atoms with E-state index >= 15 is 0 Å². The van der Waals surface area contributed by atoms with E-state index in [1.807, 2.05) is 0 Å². The quantitative estimate of drug-likeness (QED) is 0.0260. The molecule has 0 atom stereocenters. The molecule has 4 aromatic carbocycles. The van der Waals surface area contributed by atoms with E-state index in [1.54, 1.807) is 48.5 Å². The van der Waals surface area contributed by atoms with E-state index in [2.05, 4.69) is 18.6 Å². The van der Waals surface area contributed by atoms with Crippen molar-refractivity contribution in [3.63, 3.8) is 0 Å². The van der Waals surface area contributed by atoms with Crippen LogP contribution in [0.25, 0.3) is 27.1 Å². The maximum absolute atomic E-state index is 14.1. The number of nitrogens with zero attached hydrogens (tertiary/aromatic N) is 2. The molecule has 0 aliphatic rings. The van der Waals surface area contributed by atoms with Gasteiger partial charge < -0.3 is 15.0 Å². The molecule has 51 heavy (non-hydrogen) atoms.